The van der Waals surface area contributed by atoms with Crippen molar-refractivity contribution in [2.75, 3.05) is 5.75 Å². The standard InChI is InChI=1S/C9H19S/c1-4-6-9(3)8-10-7-5-2/h7,9H,4-6,8H2,1-3H3. The van der Waals surface area contributed by atoms with E-state index in [0.717, 1.165) is 5.92 Å². The molecule has 61 valence electrons. The van der Waals surface area contributed by atoms with Gasteiger partial charge in [0.25, 0.3) is 0 Å². The molecule has 0 N–H and O–H groups in total. The maximum absolute atomic E-state index is 2.33. The van der Waals surface area contributed by atoms with Gasteiger partial charge < -0.3 is 0 Å². The average molecular weight is 159 g/mol. The van der Waals surface area contributed by atoms with Crippen LogP contribution in [0, 0.1) is 11.7 Å². The van der Waals surface area contributed by atoms with Gasteiger partial charge in [-0.3, -0.25) is 0 Å². The van der Waals surface area contributed by atoms with E-state index in [4.69, 9.17) is 0 Å². The Morgan fingerprint density at radius 1 is 1.40 bits per heavy atom. The minimum Gasteiger partial charge on any atom is -0.157 e. The van der Waals surface area contributed by atoms with E-state index >= 15 is 0 Å². The first-order valence-electron chi connectivity index (χ1n) is 4.24. The minimum absolute atomic E-state index is 0.901. The number of hydrogen-bond donors (Lipinski definition) is 0. The van der Waals surface area contributed by atoms with Crippen molar-refractivity contribution in [3.8, 4) is 0 Å². The highest BCUT2D eigenvalue weighted by atomic mass is 32.2. The van der Waals surface area contributed by atoms with Crippen LogP contribution in [-0.4, -0.2) is 5.75 Å². The van der Waals surface area contributed by atoms with Crippen LogP contribution in [0.25, 0.3) is 0 Å². The summed E-state index contributed by atoms with van der Waals surface area (Å²) in [6.45, 7) is 6.78. The molecule has 1 unspecified atom stereocenters. The Morgan fingerprint density at radius 3 is 2.60 bits per heavy atom. The molecule has 0 saturated carbocycles. The van der Waals surface area contributed by atoms with E-state index in [1.807, 2.05) is 11.8 Å². The van der Waals surface area contributed by atoms with Gasteiger partial charge in [0.05, 0.1) is 0 Å². The van der Waals surface area contributed by atoms with Crippen molar-refractivity contribution < 1.29 is 0 Å². The maximum Gasteiger partial charge on any atom is 0.0163 e. The van der Waals surface area contributed by atoms with Crippen LogP contribution in [0.3, 0.4) is 0 Å². The number of rotatable bonds is 6. The molecule has 0 nitrogen and oxygen atoms in total. The number of thioether (sulfide) groups is 1. The van der Waals surface area contributed by atoms with Gasteiger partial charge in [0.2, 0.25) is 0 Å². The SMILES string of the molecule is CC[CH]SCC(C)CCC. The summed E-state index contributed by atoms with van der Waals surface area (Å²) in [6.07, 6.45) is 3.90. The molecule has 0 amide bonds. The predicted octanol–water partition coefficient (Wildman–Crippen LogP) is 3.73. The Labute approximate surface area is 69.8 Å². The fraction of sp³-hybridized carbons (Fsp3) is 0.889. The van der Waals surface area contributed by atoms with E-state index in [9.17, 15) is 0 Å². The molecule has 0 aromatic heterocycles. The zero-order valence-corrected chi connectivity index (χ0v) is 8.21. The van der Waals surface area contributed by atoms with Gasteiger partial charge in [0.15, 0.2) is 0 Å². The normalized spacial score (nSPS) is 13.5. The van der Waals surface area contributed by atoms with Crippen LogP contribution in [0.2, 0.25) is 0 Å². The summed E-state index contributed by atoms with van der Waals surface area (Å²) in [5.41, 5.74) is 0. The maximum atomic E-state index is 2.33. The van der Waals surface area contributed by atoms with Gasteiger partial charge in [-0.25, -0.2) is 0 Å². The fourth-order valence-electron chi connectivity index (χ4n) is 0.926. The summed E-state index contributed by atoms with van der Waals surface area (Å²) in [4.78, 5) is 0. The molecule has 10 heavy (non-hydrogen) atoms. The van der Waals surface area contributed by atoms with E-state index in [2.05, 4.69) is 26.5 Å². The van der Waals surface area contributed by atoms with Gasteiger partial charge in [0.1, 0.15) is 0 Å². The second-order valence-electron chi connectivity index (χ2n) is 2.80. The topological polar surface area (TPSA) is 0 Å². The van der Waals surface area contributed by atoms with Gasteiger partial charge in [-0.1, -0.05) is 33.6 Å². The largest absolute Gasteiger partial charge is 0.157 e. The van der Waals surface area contributed by atoms with Crippen molar-refractivity contribution in [3.63, 3.8) is 0 Å². The number of hydrogen-bond acceptors (Lipinski definition) is 1. The Bertz CT molecular complexity index is 61.7. The molecule has 0 heterocycles. The monoisotopic (exact) mass is 159 g/mol. The second kappa shape index (κ2) is 7.46. The van der Waals surface area contributed by atoms with Gasteiger partial charge >= 0.3 is 0 Å². The van der Waals surface area contributed by atoms with Gasteiger partial charge in [0, 0.05) is 5.75 Å². The summed E-state index contributed by atoms with van der Waals surface area (Å²) in [5.74, 6) is 4.51. The van der Waals surface area contributed by atoms with Crippen LogP contribution >= 0.6 is 11.8 Å². The second-order valence-corrected chi connectivity index (χ2v) is 3.80. The lowest BCUT2D eigenvalue weighted by molar-refractivity contribution is 0.585. The van der Waals surface area contributed by atoms with E-state index in [1.165, 1.54) is 25.0 Å². The first-order chi connectivity index (χ1) is 4.81. The molecule has 0 aromatic rings. The van der Waals surface area contributed by atoms with Crippen molar-refractivity contribution in [3.05, 3.63) is 5.75 Å². The lowest BCUT2D eigenvalue weighted by atomic mass is 10.1. The Hall–Kier alpha value is 0.350. The molecule has 0 aromatic carbocycles. The quantitative estimate of drug-likeness (QED) is 0.532. The lowest BCUT2D eigenvalue weighted by Gasteiger charge is -2.07. The van der Waals surface area contributed by atoms with Crippen molar-refractivity contribution in [1.29, 1.82) is 0 Å². The van der Waals surface area contributed by atoms with Gasteiger partial charge in [-0.05, 0) is 18.1 Å². The van der Waals surface area contributed by atoms with Crippen LogP contribution in [-0.2, 0) is 0 Å². The van der Waals surface area contributed by atoms with Crippen LogP contribution < -0.4 is 0 Å². The first kappa shape index (κ1) is 10.3. The summed E-state index contributed by atoms with van der Waals surface area (Å²) >= 11 is 1.98. The molecule has 0 bridgehead atoms. The molecule has 1 heteroatoms. The summed E-state index contributed by atoms with van der Waals surface area (Å²) in [7, 11) is 0. The highest BCUT2D eigenvalue weighted by molar-refractivity contribution is 8.01. The van der Waals surface area contributed by atoms with Gasteiger partial charge in [-0.2, -0.15) is 11.8 Å². The third-order valence-electron chi connectivity index (χ3n) is 1.45. The van der Waals surface area contributed by atoms with E-state index in [-0.39, 0.29) is 0 Å². The molecule has 0 aliphatic rings. The predicted molar refractivity (Wildman–Crippen MR) is 51.1 cm³/mol. The fourth-order valence-corrected chi connectivity index (χ4v) is 1.79. The van der Waals surface area contributed by atoms with Gasteiger partial charge in [-0.15, -0.1) is 0 Å². The third-order valence-corrected chi connectivity index (χ3v) is 2.78. The highest BCUT2D eigenvalue weighted by Gasteiger charge is 1.98. The van der Waals surface area contributed by atoms with Crippen molar-refractivity contribution in [2.45, 2.75) is 40.0 Å². The average Bonchev–Trinajstić information content (AvgIpc) is 1.89. The molecule has 0 aliphatic carbocycles. The Balaban J connectivity index is 2.97. The third kappa shape index (κ3) is 6.47. The molecular formula is C9H19S. The Morgan fingerprint density at radius 2 is 2.10 bits per heavy atom. The molecule has 0 spiro atoms. The Kier molecular flexibility index (Phi) is 7.72. The van der Waals surface area contributed by atoms with E-state index < -0.39 is 0 Å². The molecular weight excluding hydrogens is 140 g/mol. The zero-order valence-electron chi connectivity index (χ0n) is 7.39. The smallest absolute Gasteiger partial charge is 0.0163 e. The summed E-state index contributed by atoms with van der Waals surface area (Å²) < 4.78 is 0. The zero-order chi connectivity index (χ0) is 7.82. The minimum atomic E-state index is 0.901. The molecule has 0 rings (SSSR count). The van der Waals surface area contributed by atoms with Crippen molar-refractivity contribution >= 4 is 11.8 Å². The summed E-state index contributed by atoms with van der Waals surface area (Å²) in [6, 6.07) is 0. The van der Waals surface area contributed by atoms with Crippen LogP contribution in [0.1, 0.15) is 40.0 Å². The van der Waals surface area contributed by atoms with E-state index in [0.29, 0.717) is 0 Å². The summed E-state index contributed by atoms with van der Waals surface area (Å²) in [5, 5.41) is 0. The van der Waals surface area contributed by atoms with Crippen LogP contribution in [0.4, 0.5) is 0 Å². The lowest BCUT2D eigenvalue weighted by Crippen LogP contribution is -1.96. The van der Waals surface area contributed by atoms with E-state index in [1.54, 1.807) is 0 Å². The van der Waals surface area contributed by atoms with Crippen LogP contribution in [0.15, 0.2) is 0 Å². The first-order valence-corrected chi connectivity index (χ1v) is 5.29. The molecule has 0 saturated heterocycles. The molecule has 0 fully saturated rings. The van der Waals surface area contributed by atoms with Crippen molar-refractivity contribution in [1.82, 2.24) is 0 Å². The van der Waals surface area contributed by atoms with Crippen LogP contribution in [0.5, 0.6) is 0 Å². The molecule has 0 aliphatic heterocycles. The molecule has 1 atom stereocenters. The highest BCUT2D eigenvalue weighted by Crippen LogP contribution is 2.16. The van der Waals surface area contributed by atoms with Crippen molar-refractivity contribution in [2.24, 2.45) is 5.92 Å². The molecule has 1 radical (unpaired) electrons.